The summed E-state index contributed by atoms with van der Waals surface area (Å²) in [7, 11) is 0. The van der Waals surface area contributed by atoms with Crippen LogP contribution in [0.25, 0.3) is 10.9 Å². The fourth-order valence-corrected chi connectivity index (χ4v) is 5.90. The third kappa shape index (κ3) is 12.7. The summed E-state index contributed by atoms with van der Waals surface area (Å²) in [4.78, 5) is 83.2. The van der Waals surface area contributed by atoms with Gasteiger partial charge in [0.25, 0.3) is 5.91 Å². The highest BCUT2D eigenvalue weighted by molar-refractivity contribution is 5.96. The number of primary amides is 1. The molecular formula is C40H52N10O6. The van der Waals surface area contributed by atoms with Gasteiger partial charge in [-0.25, -0.2) is 9.80 Å². The van der Waals surface area contributed by atoms with Crippen molar-refractivity contribution in [3.63, 3.8) is 0 Å². The van der Waals surface area contributed by atoms with Crippen LogP contribution in [0.1, 0.15) is 49.8 Å². The number of amides is 7. The molecule has 16 heteroatoms. The topological polar surface area (TPSA) is 260 Å². The summed E-state index contributed by atoms with van der Waals surface area (Å²) >= 11 is 0. The van der Waals surface area contributed by atoms with Crippen LogP contribution in [0.4, 0.5) is 4.79 Å². The molecule has 12 N–H and O–H groups in total. The van der Waals surface area contributed by atoms with Crippen LogP contribution in [0.5, 0.6) is 0 Å². The smallest absolute Gasteiger partial charge is 0.337 e. The number of urea groups is 1. The molecule has 1 aromatic heterocycles. The number of nitrogens with zero attached hydrogens (tertiary/aromatic N) is 1. The number of fused-ring (bicyclic) bond motifs is 1. The number of carbonyl (C=O) groups is 6. The van der Waals surface area contributed by atoms with E-state index in [1.165, 1.54) is 13.8 Å². The van der Waals surface area contributed by atoms with E-state index in [9.17, 15) is 28.8 Å². The first-order valence-electron chi connectivity index (χ1n) is 18.5. The maximum atomic E-state index is 14.2. The number of hydrogen-bond acceptors (Lipinski definition) is 8. The first-order chi connectivity index (χ1) is 26.9. The van der Waals surface area contributed by atoms with Crippen LogP contribution in [-0.2, 0) is 43.4 Å². The number of benzene rings is 3. The molecule has 4 rings (SSSR count). The number of carbonyl (C=O) groups excluding carboxylic acids is 6. The number of unbranched alkanes of at least 4 members (excludes halogenated alkanes) is 1. The van der Waals surface area contributed by atoms with E-state index in [4.69, 9.17) is 17.2 Å². The first kappa shape index (κ1) is 42.5. The normalized spacial score (nSPS) is 13.6. The molecule has 0 saturated heterocycles. The maximum Gasteiger partial charge on any atom is 0.337 e. The van der Waals surface area contributed by atoms with Gasteiger partial charge < -0.3 is 43.5 Å². The monoisotopic (exact) mass is 768 g/mol. The van der Waals surface area contributed by atoms with Crippen molar-refractivity contribution >= 4 is 46.5 Å². The van der Waals surface area contributed by atoms with Crippen LogP contribution in [0.3, 0.4) is 0 Å². The SMILES string of the molecule is C[C@H](N)C(=O)NN(Cc1ccccc1)C(=O)N[C@@H](C)C(=O)N[C@@H](Cc1c[nH]c2ccccc12)C(=O)N[C@H](Cc1ccccc1)C(=O)N[C@@H](CCCCN)C(N)=O. The lowest BCUT2D eigenvalue weighted by Gasteiger charge is -2.27. The Morgan fingerprint density at radius 2 is 1.25 bits per heavy atom. The average Bonchev–Trinajstić information content (AvgIpc) is 3.59. The van der Waals surface area contributed by atoms with Gasteiger partial charge in [-0.2, -0.15) is 0 Å². The number of rotatable bonds is 19. The summed E-state index contributed by atoms with van der Waals surface area (Å²) in [5, 5.41) is 12.7. The fourth-order valence-electron chi connectivity index (χ4n) is 5.90. The van der Waals surface area contributed by atoms with Crippen molar-refractivity contribution in [2.24, 2.45) is 17.2 Å². The van der Waals surface area contributed by atoms with Crippen molar-refractivity contribution < 1.29 is 28.8 Å². The molecule has 1 heterocycles. The molecule has 7 amide bonds. The minimum Gasteiger partial charge on any atom is -0.368 e. The number of hydrogen-bond donors (Lipinski definition) is 9. The summed E-state index contributed by atoms with van der Waals surface area (Å²) in [6.45, 7) is 3.28. The second-order valence-electron chi connectivity index (χ2n) is 13.6. The summed E-state index contributed by atoms with van der Waals surface area (Å²) < 4.78 is 0. The van der Waals surface area contributed by atoms with E-state index in [1.54, 1.807) is 54.7 Å². The van der Waals surface area contributed by atoms with Gasteiger partial charge in [-0.15, -0.1) is 0 Å². The van der Waals surface area contributed by atoms with Crippen molar-refractivity contribution in [2.45, 2.75) is 82.7 Å². The third-order valence-electron chi connectivity index (χ3n) is 9.08. The standard InChI is InChI=1S/C40H52N10O6/c1-25(42)36(52)49-50(24-28-15-7-4-8-16-28)40(56)45-26(2)37(53)47-34(22-29-23-44-31-18-10-9-17-30(29)31)39(55)48-33(21-27-13-5-3-6-14-27)38(54)46-32(35(43)51)19-11-12-20-41/h3-10,13-18,23,25-26,32-34,44H,11-12,19-22,24,41-42H2,1-2H3,(H2,43,51)(H,45,56)(H,46,54)(H,47,53)(H,48,55)(H,49,52)/t25-,26-,32-,33+,34-/m0/s1. The second kappa shape index (κ2) is 21.0. The number of aromatic amines is 1. The molecular weight excluding hydrogens is 717 g/mol. The largest absolute Gasteiger partial charge is 0.368 e. The Bertz CT molecular complexity index is 1940. The first-order valence-corrected chi connectivity index (χ1v) is 18.5. The zero-order valence-electron chi connectivity index (χ0n) is 31.6. The quantitative estimate of drug-likeness (QED) is 0.0490. The summed E-state index contributed by atoms with van der Waals surface area (Å²) in [5.74, 6) is -3.37. The van der Waals surface area contributed by atoms with Gasteiger partial charge in [0.15, 0.2) is 0 Å². The molecule has 298 valence electrons. The molecule has 3 aromatic carbocycles. The summed E-state index contributed by atoms with van der Waals surface area (Å²) in [5.41, 5.74) is 22.4. The minimum atomic E-state index is -1.23. The van der Waals surface area contributed by atoms with Crippen LogP contribution in [0, 0.1) is 0 Å². The predicted octanol–water partition coefficient (Wildman–Crippen LogP) is 1.00. The highest BCUT2D eigenvalue weighted by Gasteiger charge is 2.32. The number of nitrogens with two attached hydrogens (primary N) is 3. The molecule has 0 aliphatic rings. The molecule has 56 heavy (non-hydrogen) atoms. The molecule has 0 saturated carbocycles. The Kier molecular flexibility index (Phi) is 15.9. The van der Waals surface area contributed by atoms with Crippen LogP contribution in [0.2, 0.25) is 0 Å². The lowest BCUT2D eigenvalue weighted by molar-refractivity contribution is -0.133. The van der Waals surface area contributed by atoms with Gasteiger partial charge in [0.1, 0.15) is 24.2 Å². The molecule has 4 aromatic rings. The molecule has 0 bridgehead atoms. The van der Waals surface area contributed by atoms with Gasteiger partial charge in [-0.3, -0.25) is 29.4 Å². The summed E-state index contributed by atoms with van der Waals surface area (Å²) in [6.07, 6.45) is 3.26. The Balaban J connectivity index is 1.57. The van der Waals surface area contributed by atoms with Gasteiger partial charge in [-0.05, 0) is 62.4 Å². The molecule has 16 nitrogen and oxygen atoms in total. The van der Waals surface area contributed by atoms with Gasteiger partial charge in [0.2, 0.25) is 23.6 Å². The van der Waals surface area contributed by atoms with E-state index >= 15 is 0 Å². The molecule has 5 atom stereocenters. The molecule has 0 aliphatic carbocycles. The van der Waals surface area contributed by atoms with Crippen molar-refractivity contribution in [2.75, 3.05) is 6.54 Å². The molecule has 0 aliphatic heterocycles. The van der Waals surface area contributed by atoms with Crippen LogP contribution >= 0.6 is 0 Å². The van der Waals surface area contributed by atoms with Crippen LogP contribution in [-0.4, -0.2) is 82.3 Å². The Morgan fingerprint density at radius 1 is 0.679 bits per heavy atom. The van der Waals surface area contributed by atoms with Gasteiger partial charge in [0, 0.05) is 29.9 Å². The van der Waals surface area contributed by atoms with Crippen LogP contribution < -0.4 is 43.9 Å². The zero-order chi connectivity index (χ0) is 40.6. The summed E-state index contributed by atoms with van der Waals surface area (Å²) in [6, 6.07) is 19.1. The number of para-hydroxylation sites is 1. The van der Waals surface area contributed by atoms with E-state index in [2.05, 4.69) is 31.7 Å². The molecule has 0 radical (unpaired) electrons. The minimum absolute atomic E-state index is 0.00943. The lowest BCUT2D eigenvalue weighted by atomic mass is 10.0. The lowest BCUT2D eigenvalue weighted by Crippen LogP contribution is -2.60. The van der Waals surface area contributed by atoms with Gasteiger partial charge >= 0.3 is 6.03 Å². The molecule has 0 fully saturated rings. The Labute approximate surface area is 325 Å². The van der Waals surface area contributed by atoms with Crippen LogP contribution in [0.15, 0.2) is 91.1 Å². The van der Waals surface area contributed by atoms with E-state index in [0.717, 1.165) is 21.5 Å². The average molecular weight is 769 g/mol. The van der Waals surface area contributed by atoms with Gasteiger partial charge in [0.05, 0.1) is 12.6 Å². The third-order valence-corrected chi connectivity index (χ3v) is 9.08. The predicted molar refractivity (Wildman–Crippen MR) is 212 cm³/mol. The number of aromatic nitrogens is 1. The Morgan fingerprint density at radius 3 is 1.88 bits per heavy atom. The van der Waals surface area contributed by atoms with Crippen molar-refractivity contribution in [1.82, 2.24) is 36.7 Å². The highest BCUT2D eigenvalue weighted by Crippen LogP contribution is 2.19. The van der Waals surface area contributed by atoms with Gasteiger partial charge in [-0.1, -0.05) is 78.9 Å². The highest BCUT2D eigenvalue weighted by atomic mass is 16.2. The van der Waals surface area contributed by atoms with Crippen molar-refractivity contribution in [3.8, 4) is 0 Å². The molecule has 0 spiro atoms. The Hall–Kier alpha value is -6.26. The van der Waals surface area contributed by atoms with E-state index < -0.39 is 65.8 Å². The van der Waals surface area contributed by atoms with Crippen molar-refractivity contribution in [1.29, 1.82) is 0 Å². The number of hydrazine groups is 1. The van der Waals surface area contributed by atoms with E-state index in [1.807, 2.05) is 36.4 Å². The van der Waals surface area contributed by atoms with Crippen molar-refractivity contribution in [3.05, 3.63) is 108 Å². The fraction of sp³-hybridized carbons (Fsp3) is 0.350. The number of H-pyrrole nitrogens is 1. The second-order valence-corrected chi connectivity index (χ2v) is 13.6. The van der Waals surface area contributed by atoms with E-state index in [-0.39, 0.29) is 25.8 Å². The molecule has 0 unspecified atom stereocenters. The number of nitrogens with one attached hydrogen (secondary N) is 6. The van der Waals surface area contributed by atoms with E-state index in [0.29, 0.717) is 30.5 Å². The zero-order valence-corrected chi connectivity index (χ0v) is 31.6. The maximum absolute atomic E-state index is 14.2.